The Morgan fingerprint density at radius 3 is 2.57 bits per heavy atom. The van der Waals surface area contributed by atoms with Gasteiger partial charge in [-0.3, -0.25) is 14.6 Å². The van der Waals surface area contributed by atoms with Crippen molar-refractivity contribution in [3.05, 3.63) is 71.9 Å². The molecule has 0 saturated carbocycles. The quantitative estimate of drug-likeness (QED) is 0.546. The number of amides is 2. The summed E-state index contributed by atoms with van der Waals surface area (Å²) < 4.78 is 5.46. The van der Waals surface area contributed by atoms with Gasteiger partial charge in [0, 0.05) is 43.6 Å². The first kappa shape index (κ1) is 25.0. The van der Waals surface area contributed by atoms with Gasteiger partial charge >= 0.3 is 0 Å². The molecule has 192 valence electrons. The number of pyridine rings is 1. The first-order valence-corrected chi connectivity index (χ1v) is 12.7. The number of aryl methyl sites for hydroxylation is 1. The van der Waals surface area contributed by atoms with Gasteiger partial charge in [0.1, 0.15) is 11.7 Å². The van der Waals surface area contributed by atoms with Crippen LogP contribution >= 0.6 is 0 Å². The van der Waals surface area contributed by atoms with Crippen molar-refractivity contribution >= 4 is 17.5 Å². The third-order valence-corrected chi connectivity index (χ3v) is 7.60. The maximum Gasteiger partial charge on any atom is 0.256 e. The summed E-state index contributed by atoms with van der Waals surface area (Å²) in [5.74, 6) is -0.415. The average Bonchev–Trinajstić information content (AvgIpc) is 3.57. The highest BCUT2D eigenvalue weighted by molar-refractivity contribution is 6.11. The van der Waals surface area contributed by atoms with Crippen LogP contribution in [0.5, 0.6) is 0 Å². The number of aliphatic imine (C=N–C) groups is 1. The molecule has 2 aliphatic rings. The van der Waals surface area contributed by atoms with Crippen molar-refractivity contribution in [2.45, 2.75) is 64.0 Å². The van der Waals surface area contributed by atoms with Crippen LogP contribution in [0.1, 0.15) is 56.5 Å². The molecule has 8 heteroatoms. The largest absolute Gasteiger partial charge is 0.391 e. The summed E-state index contributed by atoms with van der Waals surface area (Å²) in [6, 6.07) is 13.1. The molecule has 4 heterocycles. The van der Waals surface area contributed by atoms with E-state index in [1.807, 2.05) is 64.1 Å². The highest BCUT2D eigenvalue weighted by Crippen LogP contribution is 2.39. The SMILES string of the molecule is Cc1cc([C@H](C(=O)N2C[C@H](O)C[C@H]2C2=NC(=O)[C@@](C)(c3ccc(-c4cccnc4)cc3)C2)C(C)C)on1. The lowest BCUT2D eigenvalue weighted by molar-refractivity contribution is -0.134. The van der Waals surface area contributed by atoms with Crippen LogP contribution in [0.2, 0.25) is 0 Å². The summed E-state index contributed by atoms with van der Waals surface area (Å²) in [4.78, 5) is 37.3. The van der Waals surface area contributed by atoms with Crippen molar-refractivity contribution in [3.63, 3.8) is 0 Å². The van der Waals surface area contributed by atoms with Crippen LogP contribution in [-0.2, 0) is 15.0 Å². The topological polar surface area (TPSA) is 109 Å². The Kier molecular flexibility index (Phi) is 6.54. The van der Waals surface area contributed by atoms with Crippen molar-refractivity contribution in [2.75, 3.05) is 6.54 Å². The summed E-state index contributed by atoms with van der Waals surface area (Å²) in [6.07, 6.45) is 3.61. The van der Waals surface area contributed by atoms with Gasteiger partial charge in [-0.25, -0.2) is 4.99 Å². The molecule has 4 atom stereocenters. The number of aromatic nitrogens is 2. The number of aliphatic hydroxyl groups excluding tert-OH is 1. The zero-order chi connectivity index (χ0) is 26.3. The minimum Gasteiger partial charge on any atom is -0.391 e. The molecule has 0 aliphatic carbocycles. The van der Waals surface area contributed by atoms with Crippen molar-refractivity contribution < 1.29 is 19.2 Å². The fraction of sp³-hybridized carbons (Fsp3) is 0.414. The second-order valence-electron chi connectivity index (χ2n) is 10.7. The van der Waals surface area contributed by atoms with Gasteiger partial charge in [-0.2, -0.15) is 0 Å². The lowest BCUT2D eigenvalue weighted by atomic mass is 9.78. The Morgan fingerprint density at radius 1 is 1.19 bits per heavy atom. The van der Waals surface area contributed by atoms with Crippen LogP contribution in [-0.4, -0.2) is 56.4 Å². The van der Waals surface area contributed by atoms with Gasteiger partial charge in [-0.05, 0) is 42.5 Å². The number of aliphatic hydroxyl groups is 1. The monoisotopic (exact) mass is 500 g/mol. The number of carbonyl (C=O) groups is 2. The lowest BCUT2D eigenvalue weighted by Crippen LogP contribution is -2.44. The minimum absolute atomic E-state index is 0.0333. The Bertz CT molecular complexity index is 1330. The highest BCUT2D eigenvalue weighted by atomic mass is 16.5. The molecule has 1 saturated heterocycles. The van der Waals surface area contributed by atoms with Gasteiger partial charge in [-0.15, -0.1) is 0 Å². The van der Waals surface area contributed by atoms with Crippen molar-refractivity contribution in [3.8, 4) is 11.1 Å². The van der Waals surface area contributed by atoms with Crippen molar-refractivity contribution in [2.24, 2.45) is 10.9 Å². The first-order chi connectivity index (χ1) is 17.7. The number of benzene rings is 1. The molecule has 1 fully saturated rings. The number of nitrogens with zero attached hydrogens (tertiary/aromatic N) is 4. The van der Waals surface area contributed by atoms with Crippen LogP contribution in [0.25, 0.3) is 11.1 Å². The molecule has 5 rings (SSSR count). The van der Waals surface area contributed by atoms with E-state index in [1.54, 1.807) is 23.4 Å². The lowest BCUT2D eigenvalue weighted by Gasteiger charge is -2.30. The standard InChI is InChI=1S/C29H32N4O4/c1-17(2)26(25-12-18(3)32-37-25)27(35)33-16-22(34)13-24(33)23-14-29(4,28(36)31-23)21-9-7-19(8-10-21)20-6-5-11-30-15-20/h5-12,15,17,22,24,26,34H,13-14,16H2,1-4H3/t22-,24+,26-,29-/m1/s1. The van der Waals surface area contributed by atoms with Crippen LogP contribution in [0.3, 0.4) is 0 Å². The van der Waals surface area contributed by atoms with E-state index in [-0.39, 0.29) is 24.3 Å². The molecule has 2 aliphatic heterocycles. The maximum absolute atomic E-state index is 13.8. The molecular formula is C29H32N4O4. The number of rotatable bonds is 6. The Hall–Kier alpha value is -3.65. The van der Waals surface area contributed by atoms with E-state index in [0.29, 0.717) is 30.0 Å². The number of hydrogen-bond donors (Lipinski definition) is 1. The highest BCUT2D eigenvalue weighted by Gasteiger charge is 2.48. The Morgan fingerprint density at radius 2 is 1.95 bits per heavy atom. The fourth-order valence-corrected chi connectivity index (χ4v) is 5.53. The number of β-amino-alcohol motifs (C(OH)–C–C–N with tert-alkyl or cyclic N) is 1. The predicted octanol–water partition coefficient (Wildman–Crippen LogP) is 4.08. The van der Waals surface area contributed by atoms with Crippen molar-refractivity contribution in [1.29, 1.82) is 0 Å². The third-order valence-electron chi connectivity index (χ3n) is 7.60. The molecule has 37 heavy (non-hydrogen) atoms. The van der Waals surface area contributed by atoms with Crippen LogP contribution in [0.15, 0.2) is 64.4 Å². The van der Waals surface area contributed by atoms with E-state index >= 15 is 0 Å². The van der Waals surface area contributed by atoms with Gasteiger partial charge in [-0.1, -0.05) is 49.3 Å². The van der Waals surface area contributed by atoms with E-state index in [0.717, 1.165) is 16.7 Å². The second kappa shape index (κ2) is 9.67. The molecule has 0 unspecified atom stereocenters. The van der Waals surface area contributed by atoms with E-state index < -0.39 is 23.5 Å². The first-order valence-electron chi connectivity index (χ1n) is 12.7. The molecule has 2 amide bonds. The number of hydrogen-bond acceptors (Lipinski definition) is 6. The van der Waals surface area contributed by atoms with Crippen LogP contribution in [0.4, 0.5) is 0 Å². The van der Waals surface area contributed by atoms with Gasteiger partial charge in [0.25, 0.3) is 5.91 Å². The predicted molar refractivity (Wildman–Crippen MR) is 139 cm³/mol. The van der Waals surface area contributed by atoms with Crippen LogP contribution < -0.4 is 0 Å². The zero-order valence-corrected chi connectivity index (χ0v) is 21.6. The van der Waals surface area contributed by atoms with Gasteiger partial charge in [0.2, 0.25) is 5.91 Å². The third kappa shape index (κ3) is 4.62. The van der Waals surface area contributed by atoms with Gasteiger partial charge in [0.05, 0.1) is 23.3 Å². The van der Waals surface area contributed by atoms with Crippen LogP contribution in [0, 0.1) is 12.8 Å². The Labute approximate surface area is 216 Å². The van der Waals surface area contributed by atoms with E-state index in [9.17, 15) is 14.7 Å². The van der Waals surface area contributed by atoms with E-state index in [1.165, 1.54) is 0 Å². The smallest absolute Gasteiger partial charge is 0.256 e. The summed E-state index contributed by atoms with van der Waals surface area (Å²) >= 11 is 0. The molecule has 0 spiro atoms. The molecule has 3 aromatic rings. The molecule has 0 radical (unpaired) electrons. The minimum atomic E-state index is -0.829. The molecule has 1 aromatic carbocycles. The molecule has 8 nitrogen and oxygen atoms in total. The number of carbonyl (C=O) groups excluding carboxylic acids is 2. The van der Waals surface area contributed by atoms with E-state index in [2.05, 4.69) is 15.1 Å². The normalized spacial score (nSPS) is 24.5. The van der Waals surface area contributed by atoms with Gasteiger partial charge in [0.15, 0.2) is 0 Å². The van der Waals surface area contributed by atoms with E-state index in [4.69, 9.17) is 4.52 Å². The fourth-order valence-electron chi connectivity index (χ4n) is 5.53. The summed E-state index contributed by atoms with van der Waals surface area (Å²) in [7, 11) is 0. The molecule has 2 aromatic heterocycles. The second-order valence-corrected chi connectivity index (χ2v) is 10.7. The Balaban J connectivity index is 1.39. The maximum atomic E-state index is 13.8. The average molecular weight is 501 g/mol. The summed E-state index contributed by atoms with van der Waals surface area (Å²) in [5.41, 5.74) is 3.42. The summed E-state index contributed by atoms with van der Waals surface area (Å²) in [5, 5.41) is 14.5. The molecular weight excluding hydrogens is 468 g/mol. The van der Waals surface area contributed by atoms with Crippen molar-refractivity contribution in [1.82, 2.24) is 15.0 Å². The zero-order valence-electron chi connectivity index (χ0n) is 21.6. The molecule has 0 bridgehead atoms. The molecule has 1 N–H and O–H groups in total. The number of likely N-dealkylation sites (tertiary alicyclic amines) is 1. The van der Waals surface area contributed by atoms with Gasteiger partial charge < -0.3 is 14.5 Å². The summed E-state index contributed by atoms with van der Waals surface area (Å²) in [6.45, 7) is 7.84.